The Morgan fingerprint density at radius 3 is 2.42 bits per heavy atom. The smallest absolute Gasteiger partial charge is 0.249 e. The lowest BCUT2D eigenvalue weighted by Gasteiger charge is -2.19. The van der Waals surface area contributed by atoms with Gasteiger partial charge >= 0.3 is 0 Å². The van der Waals surface area contributed by atoms with E-state index in [1.165, 1.54) is 0 Å². The number of hydrogen-bond acceptors (Lipinski definition) is 6. The van der Waals surface area contributed by atoms with Crippen molar-refractivity contribution in [1.82, 2.24) is 15.5 Å². The lowest BCUT2D eigenvalue weighted by molar-refractivity contribution is -0.123. The molecule has 0 spiro atoms. The van der Waals surface area contributed by atoms with E-state index in [1.54, 1.807) is 26.4 Å². The third-order valence-corrected chi connectivity index (χ3v) is 3.93. The molecule has 0 unspecified atom stereocenters. The molecule has 1 amide bonds. The van der Waals surface area contributed by atoms with Gasteiger partial charge in [0.2, 0.25) is 17.6 Å². The number of aromatic nitrogens is 2. The molecule has 1 atom stereocenters. The van der Waals surface area contributed by atoms with Gasteiger partial charge < -0.3 is 19.3 Å². The van der Waals surface area contributed by atoms with E-state index in [2.05, 4.69) is 15.5 Å². The molecule has 0 radical (unpaired) electrons. The molecule has 1 aromatic carbocycles. The maximum Gasteiger partial charge on any atom is 0.249 e. The SMILES string of the molecule is COc1ccc(-c2noc([C@H](NC(=O)CC(C)C)C(C)C)n2)cc1OC. The zero-order valence-corrected chi connectivity index (χ0v) is 16.2. The zero-order valence-electron chi connectivity index (χ0n) is 16.2. The highest BCUT2D eigenvalue weighted by Crippen LogP contribution is 2.32. The number of hydrogen-bond donors (Lipinski definition) is 1. The van der Waals surface area contributed by atoms with Crippen molar-refractivity contribution in [2.24, 2.45) is 11.8 Å². The van der Waals surface area contributed by atoms with Gasteiger partial charge in [-0.25, -0.2) is 0 Å². The van der Waals surface area contributed by atoms with Crippen molar-refractivity contribution in [1.29, 1.82) is 0 Å². The topological polar surface area (TPSA) is 86.5 Å². The second kappa shape index (κ2) is 8.69. The summed E-state index contributed by atoms with van der Waals surface area (Å²) in [6, 6.07) is 5.07. The van der Waals surface area contributed by atoms with Gasteiger partial charge in [-0.15, -0.1) is 0 Å². The van der Waals surface area contributed by atoms with Gasteiger partial charge in [-0.05, 0) is 30.0 Å². The van der Waals surface area contributed by atoms with Gasteiger partial charge in [0.25, 0.3) is 0 Å². The van der Waals surface area contributed by atoms with Gasteiger partial charge in [-0.3, -0.25) is 4.79 Å². The Hall–Kier alpha value is -2.57. The first-order valence-corrected chi connectivity index (χ1v) is 8.71. The van der Waals surface area contributed by atoms with Gasteiger partial charge in [0.1, 0.15) is 6.04 Å². The van der Waals surface area contributed by atoms with E-state index in [9.17, 15) is 4.79 Å². The predicted molar refractivity (Wildman–Crippen MR) is 98.0 cm³/mol. The quantitative estimate of drug-likeness (QED) is 0.773. The number of methoxy groups -OCH3 is 2. The lowest BCUT2D eigenvalue weighted by atomic mass is 10.0. The summed E-state index contributed by atoms with van der Waals surface area (Å²) in [6.07, 6.45) is 0.458. The van der Waals surface area contributed by atoms with E-state index >= 15 is 0 Å². The summed E-state index contributed by atoms with van der Waals surface area (Å²) in [5.41, 5.74) is 0.744. The lowest BCUT2D eigenvalue weighted by Crippen LogP contribution is -2.32. The average molecular weight is 361 g/mol. The summed E-state index contributed by atoms with van der Waals surface area (Å²) in [7, 11) is 3.15. The predicted octanol–water partition coefficient (Wildman–Crippen LogP) is 3.61. The van der Waals surface area contributed by atoms with Crippen LogP contribution >= 0.6 is 0 Å². The standard InChI is InChI=1S/C19H27N3O4/c1-11(2)9-16(23)20-17(12(3)4)19-21-18(22-26-19)13-7-8-14(24-5)15(10-13)25-6/h7-8,10-12,17H,9H2,1-6H3,(H,20,23)/t17-/m1/s1. The maximum atomic E-state index is 12.1. The Morgan fingerprint density at radius 1 is 1.15 bits per heavy atom. The molecular formula is C19H27N3O4. The van der Waals surface area contributed by atoms with E-state index < -0.39 is 0 Å². The van der Waals surface area contributed by atoms with Crippen LogP contribution in [-0.2, 0) is 4.79 Å². The van der Waals surface area contributed by atoms with Crippen molar-refractivity contribution in [2.75, 3.05) is 14.2 Å². The highest BCUT2D eigenvalue weighted by atomic mass is 16.5. The third-order valence-electron chi connectivity index (χ3n) is 3.93. The largest absolute Gasteiger partial charge is 0.493 e. The molecule has 0 aliphatic heterocycles. The van der Waals surface area contributed by atoms with E-state index in [-0.39, 0.29) is 23.8 Å². The molecule has 0 saturated heterocycles. The first-order chi connectivity index (χ1) is 12.3. The molecule has 26 heavy (non-hydrogen) atoms. The maximum absolute atomic E-state index is 12.1. The minimum absolute atomic E-state index is 0.0235. The van der Waals surface area contributed by atoms with Crippen LogP contribution in [0, 0.1) is 11.8 Å². The molecule has 1 heterocycles. The second-order valence-electron chi connectivity index (χ2n) is 6.91. The van der Waals surface area contributed by atoms with Crippen molar-refractivity contribution in [2.45, 2.75) is 40.2 Å². The number of rotatable bonds is 8. The van der Waals surface area contributed by atoms with Crippen LogP contribution in [0.15, 0.2) is 22.7 Å². The molecule has 0 aliphatic rings. The number of carbonyl (C=O) groups is 1. The number of nitrogens with one attached hydrogen (secondary N) is 1. The molecule has 142 valence electrons. The molecule has 0 bridgehead atoms. The van der Waals surface area contributed by atoms with Crippen molar-refractivity contribution >= 4 is 5.91 Å². The van der Waals surface area contributed by atoms with Crippen LogP contribution in [0.2, 0.25) is 0 Å². The molecular weight excluding hydrogens is 334 g/mol. The molecule has 0 saturated carbocycles. The molecule has 2 aromatic rings. The number of benzene rings is 1. The number of ether oxygens (including phenoxy) is 2. The van der Waals surface area contributed by atoms with Crippen LogP contribution in [0.25, 0.3) is 11.4 Å². The third kappa shape index (κ3) is 4.74. The summed E-state index contributed by atoms with van der Waals surface area (Å²) in [5, 5.41) is 7.04. The molecule has 1 aromatic heterocycles. The van der Waals surface area contributed by atoms with Crippen LogP contribution in [-0.4, -0.2) is 30.3 Å². The van der Waals surface area contributed by atoms with Crippen molar-refractivity contribution in [3.8, 4) is 22.9 Å². The van der Waals surface area contributed by atoms with E-state index in [4.69, 9.17) is 14.0 Å². The zero-order chi connectivity index (χ0) is 19.3. The van der Waals surface area contributed by atoms with Gasteiger partial charge in [0.15, 0.2) is 11.5 Å². The van der Waals surface area contributed by atoms with E-state index in [0.29, 0.717) is 29.6 Å². The minimum atomic E-state index is -0.331. The molecule has 0 aliphatic carbocycles. The molecule has 0 fully saturated rings. The first kappa shape index (κ1) is 19.8. The Bertz CT molecular complexity index is 740. The summed E-state index contributed by atoms with van der Waals surface area (Å²) in [5.74, 6) is 2.41. The average Bonchev–Trinajstić information content (AvgIpc) is 3.07. The minimum Gasteiger partial charge on any atom is -0.493 e. The van der Waals surface area contributed by atoms with Crippen LogP contribution in [0.1, 0.15) is 46.0 Å². The van der Waals surface area contributed by atoms with Crippen LogP contribution in [0.5, 0.6) is 11.5 Å². The number of carbonyl (C=O) groups excluding carboxylic acids is 1. The Kier molecular flexibility index (Phi) is 6.60. The van der Waals surface area contributed by atoms with Crippen LogP contribution in [0.4, 0.5) is 0 Å². The van der Waals surface area contributed by atoms with Gasteiger partial charge in [-0.1, -0.05) is 32.9 Å². The Morgan fingerprint density at radius 2 is 1.85 bits per heavy atom. The number of amides is 1. The van der Waals surface area contributed by atoms with Crippen molar-refractivity contribution < 1.29 is 18.8 Å². The van der Waals surface area contributed by atoms with Gasteiger partial charge in [-0.2, -0.15) is 4.98 Å². The summed E-state index contributed by atoms with van der Waals surface area (Å²) in [6.45, 7) is 8.01. The fourth-order valence-corrected chi connectivity index (χ4v) is 2.57. The highest BCUT2D eigenvalue weighted by molar-refractivity contribution is 5.76. The number of nitrogens with zero attached hydrogens (tertiary/aromatic N) is 2. The fraction of sp³-hybridized carbons (Fsp3) is 0.526. The molecule has 7 heteroatoms. The Balaban J connectivity index is 2.24. The molecule has 7 nitrogen and oxygen atoms in total. The monoisotopic (exact) mass is 361 g/mol. The summed E-state index contributed by atoms with van der Waals surface area (Å²) >= 11 is 0. The molecule has 1 N–H and O–H groups in total. The normalized spacial score (nSPS) is 12.3. The summed E-state index contributed by atoms with van der Waals surface area (Å²) < 4.78 is 16.0. The van der Waals surface area contributed by atoms with Gasteiger partial charge in [0.05, 0.1) is 14.2 Å². The van der Waals surface area contributed by atoms with E-state index in [0.717, 1.165) is 5.56 Å². The molecule has 2 rings (SSSR count). The highest BCUT2D eigenvalue weighted by Gasteiger charge is 2.25. The fourth-order valence-electron chi connectivity index (χ4n) is 2.57. The first-order valence-electron chi connectivity index (χ1n) is 8.71. The van der Waals surface area contributed by atoms with E-state index in [1.807, 2.05) is 33.8 Å². The van der Waals surface area contributed by atoms with Crippen molar-refractivity contribution in [3.63, 3.8) is 0 Å². The van der Waals surface area contributed by atoms with Crippen LogP contribution < -0.4 is 14.8 Å². The Labute approximate surface area is 154 Å². The van der Waals surface area contributed by atoms with Crippen LogP contribution in [0.3, 0.4) is 0 Å². The van der Waals surface area contributed by atoms with Gasteiger partial charge in [0, 0.05) is 12.0 Å². The van der Waals surface area contributed by atoms with Crippen molar-refractivity contribution in [3.05, 3.63) is 24.1 Å². The second-order valence-corrected chi connectivity index (χ2v) is 6.91. The summed E-state index contributed by atoms with van der Waals surface area (Å²) in [4.78, 5) is 16.6.